The number of alkyl halides is 3. The summed E-state index contributed by atoms with van der Waals surface area (Å²) in [6.45, 7) is 5.11. The average molecular weight is 568 g/mol. The van der Waals surface area contributed by atoms with Crippen LogP contribution in [0.3, 0.4) is 0 Å². The Morgan fingerprint density at radius 3 is 2.39 bits per heavy atom. The number of amides is 2. The van der Waals surface area contributed by atoms with Gasteiger partial charge in [0, 0.05) is 44.1 Å². The van der Waals surface area contributed by atoms with Crippen molar-refractivity contribution >= 4 is 11.8 Å². The highest BCUT2D eigenvalue weighted by molar-refractivity contribution is 5.85. The van der Waals surface area contributed by atoms with Crippen LogP contribution < -0.4 is 0 Å². The van der Waals surface area contributed by atoms with Crippen molar-refractivity contribution in [1.29, 1.82) is 0 Å². The van der Waals surface area contributed by atoms with E-state index in [1.54, 1.807) is 4.90 Å². The molecule has 3 aliphatic heterocycles. The SMILES string of the molecule is O=C(CC1CC1)N1C[C@H](CN2CCC3(CC2)CCN(CC2=C=C=C(OC(F)(F)F)C=C2)C3=O)[C@@H](c2ccccc2)C1. The van der Waals surface area contributed by atoms with Crippen LogP contribution in [0.15, 0.2) is 65.3 Å². The smallest absolute Gasteiger partial charge is 0.397 e. The zero-order chi connectivity index (χ0) is 28.6. The van der Waals surface area contributed by atoms with Gasteiger partial charge in [0.2, 0.25) is 11.8 Å². The quantitative estimate of drug-likeness (QED) is 0.415. The summed E-state index contributed by atoms with van der Waals surface area (Å²) >= 11 is 0. The molecule has 0 unspecified atom stereocenters. The van der Waals surface area contributed by atoms with Gasteiger partial charge in [-0.2, -0.15) is 0 Å². The molecule has 2 atom stereocenters. The second kappa shape index (κ2) is 11.2. The summed E-state index contributed by atoms with van der Waals surface area (Å²) in [6, 6.07) is 10.5. The van der Waals surface area contributed by atoms with Crippen molar-refractivity contribution in [2.24, 2.45) is 17.3 Å². The average Bonchev–Trinajstić information content (AvgIpc) is 3.59. The van der Waals surface area contributed by atoms with Crippen LogP contribution in [0.4, 0.5) is 13.2 Å². The third-order valence-electron chi connectivity index (χ3n) is 9.46. The number of ether oxygens (including phenoxy) is 1. The topological polar surface area (TPSA) is 53.1 Å². The van der Waals surface area contributed by atoms with E-state index in [0.29, 0.717) is 48.7 Å². The zero-order valence-electron chi connectivity index (χ0n) is 23.2. The lowest BCUT2D eigenvalue weighted by Gasteiger charge is -2.39. The van der Waals surface area contributed by atoms with Gasteiger partial charge < -0.3 is 19.4 Å². The first-order chi connectivity index (χ1) is 19.7. The molecule has 6 nitrogen and oxygen atoms in total. The van der Waals surface area contributed by atoms with E-state index in [0.717, 1.165) is 52.0 Å². The Kier molecular flexibility index (Phi) is 7.62. The maximum absolute atomic E-state index is 13.5. The maximum atomic E-state index is 13.5. The fourth-order valence-corrected chi connectivity index (χ4v) is 6.92. The summed E-state index contributed by atoms with van der Waals surface area (Å²) < 4.78 is 41.1. The van der Waals surface area contributed by atoms with Gasteiger partial charge in [0.25, 0.3) is 0 Å². The number of likely N-dealkylation sites (tertiary alicyclic amines) is 3. The molecule has 1 spiro atoms. The zero-order valence-corrected chi connectivity index (χ0v) is 23.2. The Balaban J connectivity index is 1.05. The predicted molar refractivity (Wildman–Crippen MR) is 146 cm³/mol. The molecule has 1 saturated carbocycles. The Labute approximate surface area is 238 Å². The van der Waals surface area contributed by atoms with Crippen molar-refractivity contribution in [3.05, 3.63) is 70.8 Å². The second-order valence-electron chi connectivity index (χ2n) is 12.3. The molecule has 3 saturated heterocycles. The minimum absolute atomic E-state index is 0.126. The minimum Gasteiger partial charge on any atom is -0.397 e. The molecule has 0 radical (unpaired) electrons. The lowest BCUT2D eigenvalue weighted by Crippen LogP contribution is -2.46. The van der Waals surface area contributed by atoms with Gasteiger partial charge in [0.1, 0.15) is 0 Å². The van der Waals surface area contributed by atoms with Crippen LogP contribution in [-0.4, -0.2) is 78.7 Å². The van der Waals surface area contributed by atoms with Crippen LogP contribution in [0.5, 0.6) is 0 Å². The van der Waals surface area contributed by atoms with Crippen molar-refractivity contribution < 1.29 is 27.5 Å². The first-order valence-corrected chi connectivity index (χ1v) is 14.7. The molecule has 218 valence electrons. The first kappa shape index (κ1) is 27.9. The van der Waals surface area contributed by atoms with Gasteiger partial charge in [-0.15, -0.1) is 13.2 Å². The summed E-state index contributed by atoms with van der Waals surface area (Å²) in [4.78, 5) is 32.8. The highest BCUT2D eigenvalue weighted by Crippen LogP contribution is 2.43. The second-order valence-corrected chi connectivity index (χ2v) is 12.3. The number of hydrogen-bond donors (Lipinski definition) is 0. The number of rotatable bonds is 8. The highest BCUT2D eigenvalue weighted by Gasteiger charge is 2.48. The Morgan fingerprint density at radius 2 is 1.73 bits per heavy atom. The number of hydrogen-bond acceptors (Lipinski definition) is 4. The van der Waals surface area contributed by atoms with Crippen LogP contribution in [0.1, 0.15) is 50.0 Å². The molecule has 41 heavy (non-hydrogen) atoms. The molecule has 5 aliphatic rings. The molecule has 1 aromatic carbocycles. The molecular formula is C32H36F3N3O3. The van der Waals surface area contributed by atoms with Gasteiger partial charge in [0.15, 0.2) is 5.76 Å². The number of carbonyl (C=O) groups excluding carboxylic acids is 2. The van der Waals surface area contributed by atoms with E-state index < -0.39 is 12.1 Å². The molecule has 1 aromatic rings. The molecule has 2 amide bonds. The number of benzene rings is 1. The van der Waals surface area contributed by atoms with Crippen LogP contribution >= 0.6 is 0 Å². The summed E-state index contributed by atoms with van der Waals surface area (Å²) in [7, 11) is 0. The Hall–Kier alpha value is -3.25. The summed E-state index contributed by atoms with van der Waals surface area (Å²) in [5.41, 5.74) is 6.63. The largest absolute Gasteiger partial charge is 0.573 e. The van der Waals surface area contributed by atoms with E-state index in [9.17, 15) is 22.8 Å². The van der Waals surface area contributed by atoms with E-state index in [1.165, 1.54) is 30.6 Å². The number of allylic oxidation sites excluding steroid dienone is 1. The number of carbonyl (C=O) groups is 2. The van der Waals surface area contributed by atoms with E-state index >= 15 is 0 Å². The molecule has 0 bridgehead atoms. The van der Waals surface area contributed by atoms with E-state index in [4.69, 9.17) is 0 Å². The number of nitrogens with zero attached hydrogens (tertiary/aromatic N) is 3. The summed E-state index contributed by atoms with van der Waals surface area (Å²) in [5.74, 6) is 1.24. The molecule has 2 aliphatic carbocycles. The lowest BCUT2D eigenvalue weighted by molar-refractivity contribution is -0.303. The summed E-state index contributed by atoms with van der Waals surface area (Å²) in [6.07, 6.45) is 3.35. The molecule has 9 heteroatoms. The third-order valence-corrected chi connectivity index (χ3v) is 9.46. The van der Waals surface area contributed by atoms with Gasteiger partial charge >= 0.3 is 6.36 Å². The van der Waals surface area contributed by atoms with Crippen LogP contribution in [0, 0.1) is 17.3 Å². The van der Waals surface area contributed by atoms with Gasteiger partial charge in [-0.1, -0.05) is 36.1 Å². The molecular weight excluding hydrogens is 531 g/mol. The molecule has 0 N–H and O–H groups in total. The maximum Gasteiger partial charge on any atom is 0.573 e. The van der Waals surface area contributed by atoms with Crippen molar-refractivity contribution in [3.63, 3.8) is 0 Å². The van der Waals surface area contributed by atoms with E-state index in [2.05, 4.69) is 50.3 Å². The first-order valence-electron chi connectivity index (χ1n) is 14.7. The molecule has 4 fully saturated rings. The van der Waals surface area contributed by atoms with Gasteiger partial charge in [0.05, 0.1) is 12.0 Å². The van der Waals surface area contributed by atoms with Gasteiger partial charge in [-0.05, 0) is 80.5 Å². The van der Waals surface area contributed by atoms with Crippen molar-refractivity contribution in [3.8, 4) is 0 Å². The lowest BCUT2D eigenvalue weighted by atomic mass is 9.76. The third kappa shape index (κ3) is 6.48. The normalized spacial score (nSPS) is 26.1. The Bertz CT molecular complexity index is 1300. The van der Waals surface area contributed by atoms with Crippen LogP contribution in [-0.2, 0) is 14.3 Å². The van der Waals surface area contributed by atoms with Crippen molar-refractivity contribution in [1.82, 2.24) is 14.7 Å². The van der Waals surface area contributed by atoms with Gasteiger partial charge in [-0.25, -0.2) is 0 Å². The highest BCUT2D eigenvalue weighted by atomic mass is 19.4. The van der Waals surface area contributed by atoms with E-state index in [-0.39, 0.29) is 11.3 Å². The summed E-state index contributed by atoms with van der Waals surface area (Å²) in [5, 5.41) is 0. The van der Waals surface area contributed by atoms with Gasteiger partial charge in [-0.3, -0.25) is 9.59 Å². The van der Waals surface area contributed by atoms with Crippen LogP contribution in [0.2, 0.25) is 0 Å². The van der Waals surface area contributed by atoms with Crippen molar-refractivity contribution in [2.45, 2.75) is 50.8 Å². The minimum atomic E-state index is -4.77. The molecule has 3 heterocycles. The van der Waals surface area contributed by atoms with Crippen LogP contribution in [0.25, 0.3) is 0 Å². The number of piperidine rings is 1. The molecule has 6 rings (SSSR count). The number of halogens is 3. The van der Waals surface area contributed by atoms with Crippen molar-refractivity contribution in [2.75, 3.05) is 45.8 Å². The predicted octanol–water partition coefficient (Wildman–Crippen LogP) is 5.01. The molecule has 0 aromatic heterocycles. The fourth-order valence-electron chi connectivity index (χ4n) is 6.92. The van der Waals surface area contributed by atoms with E-state index in [1.807, 2.05) is 6.07 Å². The standard InChI is InChI=1S/C32H36F3N3O3/c33-32(34,35)41-27-10-8-24(9-11-27)19-37-17-14-31(30(37)40)12-15-36(16-13-31)20-26-21-38(29(39)18-23-6-7-23)22-28(26)25-4-2-1-3-5-25/h1-5,8,10,23,26,28H,6-7,12-22H2/t26-,28+/m0/s1. The monoisotopic (exact) mass is 567 g/mol. The Morgan fingerprint density at radius 1 is 1.00 bits per heavy atom. The fraction of sp³-hybridized carbons (Fsp3) is 0.562.